The summed E-state index contributed by atoms with van der Waals surface area (Å²) in [7, 11) is 1.57. The van der Waals surface area contributed by atoms with Gasteiger partial charge in [-0.3, -0.25) is 0 Å². The van der Waals surface area contributed by atoms with Crippen LogP contribution < -0.4 is 9.47 Å². The van der Waals surface area contributed by atoms with Crippen molar-refractivity contribution in [1.29, 1.82) is 0 Å². The number of benzene rings is 2. The molecule has 4 nitrogen and oxygen atoms in total. The lowest BCUT2D eigenvalue weighted by Crippen LogP contribution is -1.94. The molecule has 0 bridgehead atoms. The molecule has 2 aromatic carbocycles. The quantitative estimate of drug-likeness (QED) is 0.644. The number of aromatic carboxylic acids is 1. The maximum Gasteiger partial charge on any atom is 0.335 e. The fourth-order valence-corrected chi connectivity index (χ4v) is 1.90. The van der Waals surface area contributed by atoms with Gasteiger partial charge in [-0.25, -0.2) is 4.79 Å². The van der Waals surface area contributed by atoms with Gasteiger partial charge in [0.15, 0.2) is 11.5 Å². The fourth-order valence-electron chi connectivity index (χ4n) is 1.90. The van der Waals surface area contributed by atoms with Gasteiger partial charge in [0.05, 0.1) is 18.9 Å². The van der Waals surface area contributed by atoms with Crippen LogP contribution in [0.1, 0.15) is 21.5 Å². The van der Waals surface area contributed by atoms with Crippen molar-refractivity contribution in [2.45, 2.75) is 0 Å². The van der Waals surface area contributed by atoms with Gasteiger partial charge in [0.1, 0.15) is 0 Å². The van der Waals surface area contributed by atoms with Crippen LogP contribution in [0, 0.1) is 0 Å². The summed E-state index contributed by atoms with van der Waals surface area (Å²) in [6.07, 6.45) is 5.15. The molecule has 0 saturated carbocycles. The summed E-state index contributed by atoms with van der Waals surface area (Å²) in [6, 6.07) is 12.2. The van der Waals surface area contributed by atoms with Crippen LogP contribution in [-0.2, 0) is 0 Å². The van der Waals surface area contributed by atoms with Gasteiger partial charge in [-0.15, -0.1) is 0 Å². The lowest BCUT2D eigenvalue weighted by Gasteiger charge is -2.07. The van der Waals surface area contributed by atoms with E-state index in [1.165, 1.54) is 6.26 Å². The number of carboxylic acids is 1. The Balaban J connectivity index is 2.18. The minimum Gasteiger partial charge on any atom is -0.493 e. The second-order valence-electron chi connectivity index (χ2n) is 4.46. The van der Waals surface area contributed by atoms with E-state index < -0.39 is 5.97 Å². The fraction of sp³-hybridized carbons (Fsp3) is 0.0556. The molecule has 0 heterocycles. The molecular weight excluding hydrogens is 280 g/mol. The van der Waals surface area contributed by atoms with Crippen LogP contribution in [0.4, 0.5) is 0 Å². The highest BCUT2D eigenvalue weighted by Gasteiger charge is 2.03. The first-order valence-corrected chi connectivity index (χ1v) is 6.61. The van der Waals surface area contributed by atoms with E-state index >= 15 is 0 Å². The number of hydrogen-bond donors (Lipinski definition) is 1. The Morgan fingerprint density at radius 3 is 2.27 bits per heavy atom. The highest BCUT2D eigenvalue weighted by Crippen LogP contribution is 2.28. The first-order valence-electron chi connectivity index (χ1n) is 6.61. The number of hydrogen-bond acceptors (Lipinski definition) is 3. The van der Waals surface area contributed by atoms with Gasteiger partial charge in [0.25, 0.3) is 0 Å². The molecule has 0 radical (unpaired) electrons. The van der Waals surface area contributed by atoms with Gasteiger partial charge in [-0.2, -0.15) is 0 Å². The Morgan fingerprint density at radius 1 is 1.05 bits per heavy atom. The van der Waals surface area contributed by atoms with E-state index in [9.17, 15) is 4.79 Å². The molecule has 0 aromatic heterocycles. The predicted molar refractivity (Wildman–Crippen MR) is 86.1 cm³/mol. The van der Waals surface area contributed by atoms with E-state index in [1.807, 2.05) is 24.3 Å². The smallest absolute Gasteiger partial charge is 0.335 e. The molecule has 0 unspecified atom stereocenters. The summed E-state index contributed by atoms with van der Waals surface area (Å²) in [5.74, 6) is 0.279. The maximum absolute atomic E-state index is 10.8. The van der Waals surface area contributed by atoms with Crippen molar-refractivity contribution >= 4 is 18.1 Å². The Bertz CT molecular complexity index is 700. The molecule has 0 saturated heterocycles. The molecule has 2 rings (SSSR count). The Hall–Kier alpha value is -3.01. The highest BCUT2D eigenvalue weighted by molar-refractivity contribution is 5.88. The zero-order valence-corrected chi connectivity index (χ0v) is 12.2. The lowest BCUT2D eigenvalue weighted by molar-refractivity contribution is 0.0697. The van der Waals surface area contributed by atoms with Crippen LogP contribution in [0.5, 0.6) is 11.5 Å². The summed E-state index contributed by atoms with van der Waals surface area (Å²) >= 11 is 0. The number of methoxy groups -OCH3 is 1. The molecule has 2 aromatic rings. The van der Waals surface area contributed by atoms with E-state index in [-0.39, 0.29) is 5.56 Å². The Labute approximate surface area is 128 Å². The second kappa shape index (κ2) is 7.13. The van der Waals surface area contributed by atoms with Crippen LogP contribution >= 0.6 is 0 Å². The van der Waals surface area contributed by atoms with Crippen LogP contribution in [0.3, 0.4) is 0 Å². The van der Waals surface area contributed by atoms with E-state index in [0.29, 0.717) is 11.5 Å². The molecule has 4 heteroatoms. The SMILES string of the molecule is C=COc1ccc(/C=C/c2ccc(C(=O)O)cc2)cc1OC. The van der Waals surface area contributed by atoms with Crippen molar-refractivity contribution in [2.24, 2.45) is 0 Å². The molecule has 0 spiro atoms. The second-order valence-corrected chi connectivity index (χ2v) is 4.46. The Morgan fingerprint density at radius 2 is 1.68 bits per heavy atom. The van der Waals surface area contributed by atoms with E-state index in [2.05, 4.69) is 6.58 Å². The van der Waals surface area contributed by atoms with Gasteiger partial charge in [0.2, 0.25) is 0 Å². The standard InChI is InChI=1S/C18H16O4/c1-3-22-16-11-8-14(12-17(16)21-2)5-4-13-6-9-15(10-7-13)18(19)20/h3-12H,1H2,2H3,(H,19,20)/b5-4+. The average Bonchev–Trinajstić information content (AvgIpc) is 2.54. The van der Waals surface area contributed by atoms with Crippen molar-refractivity contribution in [3.8, 4) is 11.5 Å². The maximum atomic E-state index is 10.8. The molecule has 0 amide bonds. The molecule has 112 valence electrons. The molecule has 0 aliphatic carbocycles. The number of ether oxygens (including phenoxy) is 2. The van der Waals surface area contributed by atoms with Crippen molar-refractivity contribution in [3.63, 3.8) is 0 Å². The van der Waals surface area contributed by atoms with Gasteiger partial charge >= 0.3 is 5.97 Å². The number of carbonyl (C=O) groups is 1. The molecular formula is C18H16O4. The summed E-state index contributed by atoms with van der Waals surface area (Å²) in [6.45, 7) is 3.52. The molecule has 0 fully saturated rings. The molecule has 0 aliphatic heterocycles. The molecule has 0 aliphatic rings. The van der Waals surface area contributed by atoms with Crippen LogP contribution in [-0.4, -0.2) is 18.2 Å². The summed E-state index contributed by atoms with van der Waals surface area (Å²) in [5, 5.41) is 8.86. The normalized spacial score (nSPS) is 10.4. The monoisotopic (exact) mass is 296 g/mol. The molecule has 1 N–H and O–H groups in total. The van der Waals surface area contributed by atoms with Crippen LogP contribution in [0.15, 0.2) is 55.3 Å². The van der Waals surface area contributed by atoms with Crippen LogP contribution in [0.25, 0.3) is 12.2 Å². The van der Waals surface area contributed by atoms with Crippen LogP contribution in [0.2, 0.25) is 0 Å². The van der Waals surface area contributed by atoms with Gasteiger partial charge < -0.3 is 14.6 Å². The largest absolute Gasteiger partial charge is 0.493 e. The number of rotatable bonds is 6. The minimum absolute atomic E-state index is 0.268. The van der Waals surface area contributed by atoms with E-state index in [0.717, 1.165) is 11.1 Å². The van der Waals surface area contributed by atoms with E-state index in [4.69, 9.17) is 14.6 Å². The topological polar surface area (TPSA) is 55.8 Å². The van der Waals surface area contributed by atoms with Gasteiger partial charge in [0, 0.05) is 0 Å². The third-order valence-corrected chi connectivity index (χ3v) is 3.02. The Kier molecular flexibility index (Phi) is 4.98. The highest BCUT2D eigenvalue weighted by atomic mass is 16.5. The van der Waals surface area contributed by atoms with E-state index in [1.54, 1.807) is 37.4 Å². The van der Waals surface area contributed by atoms with Gasteiger partial charge in [-0.1, -0.05) is 36.9 Å². The third kappa shape index (κ3) is 3.76. The lowest BCUT2D eigenvalue weighted by atomic mass is 10.1. The summed E-state index contributed by atoms with van der Waals surface area (Å²) < 4.78 is 10.5. The molecule has 0 atom stereocenters. The van der Waals surface area contributed by atoms with Crippen molar-refractivity contribution in [2.75, 3.05) is 7.11 Å². The summed E-state index contributed by atoms with van der Waals surface area (Å²) in [5.41, 5.74) is 2.12. The first-order chi connectivity index (χ1) is 10.6. The zero-order chi connectivity index (χ0) is 15.9. The van der Waals surface area contributed by atoms with Crippen molar-refractivity contribution in [3.05, 3.63) is 72.0 Å². The summed E-state index contributed by atoms with van der Waals surface area (Å²) in [4.78, 5) is 10.8. The van der Waals surface area contributed by atoms with Gasteiger partial charge in [-0.05, 0) is 35.4 Å². The first kappa shape index (κ1) is 15.4. The zero-order valence-electron chi connectivity index (χ0n) is 12.2. The predicted octanol–water partition coefficient (Wildman–Crippen LogP) is 4.09. The van der Waals surface area contributed by atoms with Crippen molar-refractivity contribution in [1.82, 2.24) is 0 Å². The average molecular weight is 296 g/mol. The minimum atomic E-state index is -0.932. The van der Waals surface area contributed by atoms with Crippen molar-refractivity contribution < 1.29 is 19.4 Å². The third-order valence-electron chi connectivity index (χ3n) is 3.02. The number of carboxylic acid groups (broad SMARTS) is 1. The molecule has 22 heavy (non-hydrogen) atoms.